The molecule has 1 nitrogen and oxygen atoms in total. The van der Waals surface area contributed by atoms with E-state index in [0.717, 1.165) is 12.1 Å². The molecule has 10 heavy (non-hydrogen) atoms. The fraction of sp³-hybridized carbons (Fsp3) is 1.00. The van der Waals surface area contributed by atoms with E-state index in [2.05, 4.69) is 26.6 Å². The minimum Gasteiger partial charge on any atom is -0.379 e. The van der Waals surface area contributed by atoms with Gasteiger partial charge in [0.05, 0.1) is 14.2 Å². The molecule has 0 saturated heterocycles. The third kappa shape index (κ3) is 1.83. The number of rotatable bonds is 3. The van der Waals surface area contributed by atoms with E-state index < -0.39 is 8.07 Å². The summed E-state index contributed by atoms with van der Waals surface area (Å²) in [5.41, 5.74) is 0.951. The smallest absolute Gasteiger partial charge is 0.0581 e. The summed E-state index contributed by atoms with van der Waals surface area (Å²) in [6.07, 6.45) is 1.97. The highest BCUT2D eigenvalue weighted by Crippen LogP contribution is 2.47. The van der Waals surface area contributed by atoms with Crippen LogP contribution in [0.2, 0.25) is 25.2 Å². The SMILES string of the molecule is CCO[C@H]1C[C@H]1[Si](C)(C)C. The molecule has 0 bridgehead atoms. The molecule has 0 aromatic heterocycles. The Morgan fingerprint density at radius 2 is 2.00 bits per heavy atom. The molecule has 60 valence electrons. The molecule has 2 heteroatoms. The molecule has 1 fully saturated rings. The molecule has 0 amide bonds. The molecule has 1 aliphatic rings. The second-order valence-electron chi connectivity index (χ2n) is 4.20. The van der Waals surface area contributed by atoms with E-state index in [1.807, 2.05) is 0 Å². The van der Waals surface area contributed by atoms with Crippen LogP contribution < -0.4 is 0 Å². The van der Waals surface area contributed by atoms with E-state index in [4.69, 9.17) is 4.74 Å². The van der Waals surface area contributed by atoms with Crippen molar-refractivity contribution in [3.05, 3.63) is 0 Å². The summed E-state index contributed by atoms with van der Waals surface area (Å²) in [7, 11) is -0.849. The normalized spacial score (nSPS) is 32.4. The summed E-state index contributed by atoms with van der Waals surface area (Å²) < 4.78 is 5.53. The van der Waals surface area contributed by atoms with Gasteiger partial charge in [0.15, 0.2) is 0 Å². The topological polar surface area (TPSA) is 9.23 Å². The lowest BCUT2D eigenvalue weighted by Crippen LogP contribution is -2.22. The quantitative estimate of drug-likeness (QED) is 0.573. The molecule has 0 spiro atoms. The van der Waals surface area contributed by atoms with Gasteiger partial charge in [-0.25, -0.2) is 0 Å². The first kappa shape index (κ1) is 8.28. The monoisotopic (exact) mass is 158 g/mol. The van der Waals surface area contributed by atoms with Gasteiger partial charge in [0, 0.05) is 6.61 Å². The van der Waals surface area contributed by atoms with Crippen LogP contribution in [0.15, 0.2) is 0 Å². The van der Waals surface area contributed by atoms with Crippen LogP contribution in [-0.2, 0) is 4.74 Å². The van der Waals surface area contributed by atoms with Crippen molar-refractivity contribution in [2.75, 3.05) is 6.61 Å². The molecule has 0 radical (unpaired) electrons. The van der Waals surface area contributed by atoms with Gasteiger partial charge < -0.3 is 4.74 Å². The van der Waals surface area contributed by atoms with Crippen LogP contribution in [0.1, 0.15) is 13.3 Å². The second-order valence-corrected chi connectivity index (χ2v) is 9.68. The summed E-state index contributed by atoms with van der Waals surface area (Å²) in [6.45, 7) is 10.3. The predicted octanol–water partition coefficient (Wildman–Crippen LogP) is 2.50. The van der Waals surface area contributed by atoms with Crippen LogP contribution in [0.3, 0.4) is 0 Å². The Morgan fingerprint density at radius 3 is 2.30 bits per heavy atom. The molecular formula is C8H18OSi. The molecule has 0 unspecified atom stereocenters. The molecule has 0 aromatic rings. The average Bonchev–Trinajstić information content (AvgIpc) is 2.44. The van der Waals surface area contributed by atoms with Crippen LogP contribution in [0.5, 0.6) is 0 Å². The largest absolute Gasteiger partial charge is 0.379 e. The summed E-state index contributed by atoms with van der Waals surface area (Å²) in [5.74, 6) is 0. The van der Waals surface area contributed by atoms with Gasteiger partial charge in [-0.05, 0) is 18.9 Å². The number of hydrogen-bond acceptors (Lipinski definition) is 1. The summed E-state index contributed by atoms with van der Waals surface area (Å²) in [6, 6.07) is 0. The van der Waals surface area contributed by atoms with Crippen molar-refractivity contribution >= 4 is 8.07 Å². The summed E-state index contributed by atoms with van der Waals surface area (Å²) in [4.78, 5) is 0. The van der Waals surface area contributed by atoms with E-state index in [0.29, 0.717) is 6.10 Å². The molecule has 0 heterocycles. The van der Waals surface area contributed by atoms with Gasteiger partial charge in [-0.3, -0.25) is 0 Å². The number of ether oxygens (including phenoxy) is 1. The third-order valence-corrected chi connectivity index (χ3v) is 5.06. The Bertz CT molecular complexity index is 117. The van der Waals surface area contributed by atoms with Crippen LogP contribution >= 0.6 is 0 Å². The Kier molecular flexibility index (Phi) is 2.20. The molecule has 1 saturated carbocycles. The highest BCUT2D eigenvalue weighted by Gasteiger charge is 2.46. The minimum atomic E-state index is -0.849. The van der Waals surface area contributed by atoms with Crippen molar-refractivity contribution in [3.8, 4) is 0 Å². The van der Waals surface area contributed by atoms with Gasteiger partial charge in [0.2, 0.25) is 0 Å². The maximum Gasteiger partial charge on any atom is 0.0581 e. The van der Waals surface area contributed by atoms with Crippen LogP contribution in [-0.4, -0.2) is 20.8 Å². The maximum absolute atomic E-state index is 5.53. The molecule has 1 aliphatic carbocycles. The zero-order valence-corrected chi connectivity index (χ0v) is 8.48. The van der Waals surface area contributed by atoms with Crippen LogP contribution in [0.25, 0.3) is 0 Å². The van der Waals surface area contributed by atoms with Crippen LogP contribution in [0, 0.1) is 0 Å². The van der Waals surface area contributed by atoms with Crippen molar-refractivity contribution in [1.29, 1.82) is 0 Å². The van der Waals surface area contributed by atoms with Crippen molar-refractivity contribution in [2.45, 2.75) is 44.6 Å². The van der Waals surface area contributed by atoms with Crippen molar-refractivity contribution in [1.82, 2.24) is 0 Å². The van der Waals surface area contributed by atoms with E-state index in [-0.39, 0.29) is 0 Å². The minimum absolute atomic E-state index is 0.636. The predicted molar refractivity (Wildman–Crippen MR) is 47.1 cm³/mol. The molecule has 0 N–H and O–H groups in total. The molecule has 0 aliphatic heterocycles. The standard InChI is InChI=1S/C8H18OSi/c1-5-9-7-6-8(7)10(2,3)4/h7-8H,5-6H2,1-4H3/t7-,8+/m0/s1. The first-order chi connectivity index (χ1) is 4.55. The van der Waals surface area contributed by atoms with Crippen molar-refractivity contribution < 1.29 is 4.74 Å². The lowest BCUT2D eigenvalue weighted by molar-refractivity contribution is 0.132. The highest BCUT2D eigenvalue weighted by atomic mass is 28.3. The Labute approximate surface area is 64.8 Å². The Morgan fingerprint density at radius 1 is 1.40 bits per heavy atom. The van der Waals surface area contributed by atoms with Gasteiger partial charge >= 0.3 is 0 Å². The van der Waals surface area contributed by atoms with Crippen LogP contribution in [0.4, 0.5) is 0 Å². The lowest BCUT2D eigenvalue weighted by Gasteiger charge is -2.14. The highest BCUT2D eigenvalue weighted by molar-refractivity contribution is 6.78. The molecule has 1 rings (SSSR count). The van der Waals surface area contributed by atoms with Gasteiger partial charge in [0.1, 0.15) is 0 Å². The Hall–Kier alpha value is 0.177. The Balaban J connectivity index is 2.25. The van der Waals surface area contributed by atoms with E-state index in [1.165, 1.54) is 6.42 Å². The first-order valence-electron chi connectivity index (χ1n) is 4.17. The maximum atomic E-state index is 5.53. The van der Waals surface area contributed by atoms with Crippen molar-refractivity contribution in [3.63, 3.8) is 0 Å². The average molecular weight is 158 g/mol. The number of hydrogen-bond donors (Lipinski definition) is 0. The fourth-order valence-corrected chi connectivity index (χ4v) is 3.63. The van der Waals surface area contributed by atoms with Gasteiger partial charge in [0.25, 0.3) is 0 Å². The van der Waals surface area contributed by atoms with E-state index >= 15 is 0 Å². The zero-order valence-electron chi connectivity index (χ0n) is 7.48. The lowest BCUT2D eigenvalue weighted by atomic mass is 10.8. The molecule has 0 aromatic carbocycles. The van der Waals surface area contributed by atoms with E-state index in [1.54, 1.807) is 0 Å². The summed E-state index contributed by atoms with van der Waals surface area (Å²) in [5, 5.41) is 0. The first-order valence-corrected chi connectivity index (χ1v) is 7.75. The fourth-order valence-electron chi connectivity index (χ4n) is 1.48. The molecule has 2 atom stereocenters. The second kappa shape index (κ2) is 2.66. The van der Waals surface area contributed by atoms with Gasteiger partial charge in [-0.2, -0.15) is 0 Å². The van der Waals surface area contributed by atoms with E-state index in [9.17, 15) is 0 Å². The summed E-state index contributed by atoms with van der Waals surface area (Å²) >= 11 is 0. The zero-order chi connectivity index (χ0) is 7.78. The third-order valence-electron chi connectivity index (χ3n) is 2.23. The van der Waals surface area contributed by atoms with Gasteiger partial charge in [-0.15, -0.1) is 0 Å². The van der Waals surface area contributed by atoms with Crippen molar-refractivity contribution in [2.24, 2.45) is 0 Å². The molecular weight excluding hydrogens is 140 g/mol. The van der Waals surface area contributed by atoms with Gasteiger partial charge in [-0.1, -0.05) is 19.6 Å².